The molecule has 3 heterocycles. The highest BCUT2D eigenvalue weighted by Crippen LogP contribution is 2.48. The summed E-state index contributed by atoms with van der Waals surface area (Å²) in [5.74, 6) is -3.52. The van der Waals surface area contributed by atoms with E-state index in [1.54, 1.807) is 27.7 Å². The first kappa shape index (κ1) is 28.0. The standard InChI is InChI=1S/C23H31Br2NO9/c1-21(2,24)18(29)33-10-23(5,11-34-19(30)22(3,4)25)20(31)32-9-8-26-16(27)14-12-6-7-13(35-12)15(14)17(26)28/h12-15H,6-11H2,1-5H3/t12?,13?,14-,15+. The maximum atomic E-state index is 13.0. The Morgan fingerprint density at radius 2 is 1.26 bits per heavy atom. The Bertz CT molecular complexity index is 850. The third-order valence-electron chi connectivity index (χ3n) is 6.43. The third-order valence-corrected chi connectivity index (χ3v) is 7.08. The van der Waals surface area contributed by atoms with E-state index < -0.39 is 57.0 Å². The smallest absolute Gasteiger partial charge is 0.322 e. The predicted octanol–water partition coefficient (Wildman–Crippen LogP) is 2.13. The van der Waals surface area contributed by atoms with Gasteiger partial charge in [-0.3, -0.25) is 28.9 Å². The fourth-order valence-corrected chi connectivity index (χ4v) is 4.58. The first-order valence-corrected chi connectivity index (χ1v) is 13.0. The molecule has 0 aromatic carbocycles. The van der Waals surface area contributed by atoms with Crippen LogP contribution in [0.15, 0.2) is 0 Å². The summed E-state index contributed by atoms with van der Waals surface area (Å²) in [4.78, 5) is 64.1. The van der Waals surface area contributed by atoms with E-state index in [9.17, 15) is 24.0 Å². The van der Waals surface area contributed by atoms with E-state index in [-0.39, 0.29) is 37.2 Å². The number of ether oxygens (including phenoxy) is 4. The third kappa shape index (κ3) is 5.90. The van der Waals surface area contributed by atoms with Crippen LogP contribution in [-0.2, 0) is 42.9 Å². The van der Waals surface area contributed by atoms with Crippen LogP contribution in [0.1, 0.15) is 47.5 Å². The van der Waals surface area contributed by atoms with Crippen molar-refractivity contribution in [2.45, 2.75) is 68.3 Å². The molecule has 0 saturated carbocycles. The number of fused-ring (bicyclic) bond motifs is 5. The number of nitrogens with zero attached hydrogens (tertiary/aromatic N) is 1. The molecular weight excluding hydrogens is 594 g/mol. The minimum atomic E-state index is -1.51. The van der Waals surface area contributed by atoms with Crippen molar-refractivity contribution in [1.82, 2.24) is 4.90 Å². The highest BCUT2D eigenvalue weighted by atomic mass is 79.9. The van der Waals surface area contributed by atoms with Gasteiger partial charge >= 0.3 is 17.9 Å². The van der Waals surface area contributed by atoms with Crippen LogP contribution in [0.4, 0.5) is 0 Å². The quantitative estimate of drug-likeness (QED) is 0.155. The second-order valence-corrected chi connectivity index (χ2v) is 14.4. The summed E-state index contributed by atoms with van der Waals surface area (Å²) in [7, 11) is 0. The largest absolute Gasteiger partial charge is 0.463 e. The van der Waals surface area contributed by atoms with Gasteiger partial charge in [0.1, 0.15) is 33.9 Å². The van der Waals surface area contributed by atoms with E-state index in [2.05, 4.69) is 31.9 Å². The van der Waals surface area contributed by atoms with E-state index in [1.807, 2.05) is 0 Å². The zero-order valence-electron chi connectivity index (χ0n) is 20.4. The zero-order valence-corrected chi connectivity index (χ0v) is 23.6. The zero-order chi connectivity index (χ0) is 26.3. The normalized spacial score (nSPS) is 26.1. The molecule has 0 aliphatic carbocycles. The molecule has 3 aliphatic rings. The Morgan fingerprint density at radius 3 is 1.66 bits per heavy atom. The van der Waals surface area contributed by atoms with Crippen LogP contribution >= 0.6 is 31.9 Å². The van der Waals surface area contributed by atoms with Crippen molar-refractivity contribution in [3.8, 4) is 0 Å². The van der Waals surface area contributed by atoms with Crippen molar-refractivity contribution in [3.05, 3.63) is 0 Å². The second-order valence-electron chi connectivity index (χ2n) is 10.5. The molecule has 12 heteroatoms. The lowest BCUT2D eigenvalue weighted by molar-refractivity contribution is -0.172. The molecule has 10 nitrogen and oxygen atoms in total. The van der Waals surface area contributed by atoms with Gasteiger partial charge in [-0.2, -0.15) is 0 Å². The predicted molar refractivity (Wildman–Crippen MR) is 129 cm³/mol. The number of alkyl halides is 2. The summed E-state index contributed by atoms with van der Waals surface area (Å²) in [6, 6.07) is 0. The monoisotopic (exact) mass is 623 g/mol. The molecule has 3 saturated heterocycles. The molecule has 0 aromatic heterocycles. The molecule has 0 radical (unpaired) electrons. The number of likely N-dealkylation sites (tertiary alicyclic amines) is 1. The fourth-order valence-electron chi connectivity index (χ4n) is 4.35. The molecule has 3 aliphatic heterocycles. The first-order chi connectivity index (χ1) is 16.1. The number of esters is 3. The van der Waals surface area contributed by atoms with Crippen LogP contribution in [0.2, 0.25) is 0 Å². The summed E-state index contributed by atoms with van der Waals surface area (Å²) in [5.41, 5.74) is -1.51. The van der Waals surface area contributed by atoms with Crippen molar-refractivity contribution in [3.63, 3.8) is 0 Å². The van der Waals surface area contributed by atoms with Crippen molar-refractivity contribution < 1.29 is 42.9 Å². The lowest BCUT2D eigenvalue weighted by atomic mass is 9.81. The number of rotatable bonds is 10. The van der Waals surface area contributed by atoms with Crippen LogP contribution in [0.5, 0.6) is 0 Å². The van der Waals surface area contributed by atoms with Crippen LogP contribution in [0.3, 0.4) is 0 Å². The average molecular weight is 625 g/mol. The van der Waals surface area contributed by atoms with Gasteiger partial charge in [0.2, 0.25) is 11.8 Å². The Balaban J connectivity index is 1.61. The second kappa shape index (κ2) is 10.1. The minimum Gasteiger partial charge on any atom is -0.463 e. The highest BCUT2D eigenvalue weighted by molar-refractivity contribution is 9.10. The average Bonchev–Trinajstić information content (AvgIpc) is 3.44. The minimum absolute atomic E-state index is 0.0889. The number of hydrogen-bond donors (Lipinski definition) is 0. The van der Waals surface area contributed by atoms with Crippen molar-refractivity contribution in [1.29, 1.82) is 0 Å². The van der Waals surface area contributed by atoms with E-state index in [0.29, 0.717) is 0 Å². The van der Waals surface area contributed by atoms with Gasteiger partial charge in [0.25, 0.3) is 0 Å². The van der Waals surface area contributed by atoms with Crippen LogP contribution in [0, 0.1) is 17.3 Å². The van der Waals surface area contributed by atoms with Crippen LogP contribution in [0.25, 0.3) is 0 Å². The molecule has 2 unspecified atom stereocenters. The van der Waals surface area contributed by atoms with Gasteiger partial charge in [0.15, 0.2) is 0 Å². The van der Waals surface area contributed by atoms with E-state index >= 15 is 0 Å². The number of imide groups is 1. The fraction of sp³-hybridized carbons (Fsp3) is 0.783. The molecule has 0 N–H and O–H groups in total. The first-order valence-electron chi connectivity index (χ1n) is 11.5. The molecule has 2 bridgehead atoms. The molecular formula is C23H31Br2NO9. The molecule has 4 atom stereocenters. The molecule has 3 fully saturated rings. The maximum absolute atomic E-state index is 13.0. The summed E-state index contributed by atoms with van der Waals surface area (Å²) >= 11 is 6.40. The number of halogens is 2. The van der Waals surface area contributed by atoms with Crippen LogP contribution in [-0.4, -0.2) is 81.8 Å². The number of hydrogen-bond acceptors (Lipinski definition) is 9. The molecule has 0 spiro atoms. The summed E-state index contributed by atoms with van der Waals surface area (Å²) < 4.78 is 19.7. The number of carbonyl (C=O) groups excluding carboxylic acids is 5. The van der Waals surface area contributed by atoms with Crippen LogP contribution < -0.4 is 0 Å². The van der Waals surface area contributed by atoms with Gasteiger partial charge in [0.05, 0.1) is 30.6 Å². The Labute approximate surface area is 221 Å². The van der Waals surface area contributed by atoms with Gasteiger partial charge in [-0.15, -0.1) is 0 Å². The lowest BCUT2D eigenvalue weighted by Crippen LogP contribution is -2.44. The molecule has 35 heavy (non-hydrogen) atoms. The van der Waals surface area contributed by atoms with Gasteiger partial charge in [-0.1, -0.05) is 31.9 Å². The van der Waals surface area contributed by atoms with Gasteiger partial charge in [0, 0.05) is 0 Å². The Morgan fingerprint density at radius 1 is 0.829 bits per heavy atom. The Kier molecular flexibility index (Phi) is 8.08. The van der Waals surface area contributed by atoms with E-state index in [1.165, 1.54) is 6.92 Å². The summed E-state index contributed by atoms with van der Waals surface area (Å²) in [5, 5.41) is 0. The molecule has 0 aromatic rings. The highest BCUT2D eigenvalue weighted by Gasteiger charge is 2.62. The molecule has 196 valence electrons. The maximum Gasteiger partial charge on any atom is 0.322 e. The number of carbonyl (C=O) groups is 5. The molecule has 2 amide bonds. The number of amides is 2. The van der Waals surface area contributed by atoms with Gasteiger partial charge in [-0.25, -0.2) is 0 Å². The van der Waals surface area contributed by atoms with E-state index in [4.69, 9.17) is 18.9 Å². The SMILES string of the molecule is CC(C)(Br)C(=O)OCC(C)(COC(=O)C(C)(C)Br)C(=O)OCCN1C(=O)[C@@H]2C3CCC(O3)[C@@H]2C1=O. The van der Waals surface area contributed by atoms with Gasteiger partial charge < -0.3 is 18.9 Å². The van der Waals surface area contributed by atoms with Crippen molar-refractivity contribution in [2.75, 3.05) is 26.4 Å². The van der Waals surface area contributed by atoms with Gasteiger partial charge in [-0.05, 0) is 47.5 Å². The lowest BCUT2D eigenvalue weighted by Gasteiger charge is -2.29. The topological polar surface area (TPSA) is 126 Å². The summed E-state index contributed by atoms with van der Waals surface area (Å²) in [6.45, 7) is 6.69. The molecule has 3 rings (SSSR count). The Hall–Kier alpha value is -1.53. The van der Waals surface area contributed by atoms with Crippen molar-refractivity contribution in [2.24, 2.45) is 17.3 Å². The summed E-state index contributed by atoms with van der Waals surface area (Å²) in [6.07, 6.45) is 1.08. The van der Waals surface area contributed by atoms with E-state index in [0.717, 1.165) is 17.7 Å². The van der Waals surface area contributed by atoms with Crippen molar-refractivity contribution >= 4 is 61.6 Å².